The summed E-state index contributed by atoms with van der Waals surface area (Å²) in [6.45, 7) is -0.0716. The fraction of sp³-hybridized carbons (Fsp3) is 0.364. The molecule has 0 unspecified atom stereocenters. The standard InChI is InChI=1S/C22H18Cl2F6N2O3/c1-31(19(33)12-6-13(21(25,26)27)9-14(7-12)22(28,29)30)18-4-5-32(20(34)35)10-15(18)11-2-3-16(23)17(24)8-11/h2-3,6-9,15,18H,4-5,10H2,1H3,(H,34,35)/t15-,18+/m1/s1. The van der Waals surface area contributed by atoms with Crippen LogP contribution in [0.25, 0.3) is 0 Å². The molecule has 2 atom stereocenters. The lowest BCUT2D eigenvalue weighted by Crippen LogP contribution is -2.51. The summed E-state index contributed by atoms with van der Waals surface area (Å²) >= 11 is 12.0. The van der Waals surface area contributed by atoms with E-state index in [2.05, 4.69) is 0 Å². The third kappa shape index (κ3) is 5.95. The van der Waals surface area contributed by atoms with Gasteiger partial charge in [-0.3, -0.25) is 4.79 Å². The van der Waals surface area contributed by atoms with Gasteiger partial charge in [0.05, 0.1) is 21.2 Å². The second-order valence-electron chi connectivity index (χ2n) is 8.08. The van der Waals surface area contributed by atoms with E-state index in [0.717, 1.165) is 9.80 Å². The summed E-state index contributed by atoms with van der Waals surface area (Å²) in [5.41, 5.74) is -3.49. The number of nitrogens with zero attached hydrogens (tertiary/aromatic N) is 2. The average molecular weight is 543 g/mol. The third-order valence-electron chi connectivity index (χ3n) is 5.87. The van der Waals surface area contributed by atoms with E-state index in [1.54, 1.807) is 6.07 Å². The fourth-order valence-corrected chi connectivity index (χ4v) is 4.39. The smallest absolute Gasteiger partial charge is 0.416 e. The monoisotopic (exact) mass is 542 g/mol. The Morgan fingerprint density at radius 3 is 2.03 bits per heavy atom. The quantitative estimate of drug-likeness (QED) is 0.442. The van der Waals surface area contributed by atoms with Gasteiger partial charge in [-0.05, 0) is 42.3 Å². The number of piperidine rings is 1. The van der Waals surface area contributed by atoms with E-state index in [9.17, 15) is 41.0 Å². The molecule has 1 aliphatic heterocycles. The molecule has 1 N–H and O–H groups in total. The van der Waals surface area contributed by atoms with Crippen LogP contribution in [-0.4, -0.2) is 53.1 Å². The SMILES string of the molecule is CN(C(=O)c1cc(C(F)(F)F)cc(C(F)(F)F)c1)[C@H]1CCN(C(=O)O)C[C@@H]1c1ccc(Cl)c(Cl)c1. The van der Waals surface area contributed by atoms with Gasteiger partial charge in [0.15, 0.2) is 0 Å². The lowest BCUT2D eigenvalue weighted by atomic mass is 9.85. The van der Waals surface area contributed by atoms with Crippen LogP contribution in [0.5, 0.6) is 0 Å². The van der Waals surface area contributed by atoms with Crippen LogP contribution in [0.2, 0.25) is 10.0 Å². The van der Waals surface area contributed by atoms with Gasteiger partial charge in [0, 0.05) is 37.7 Å². The Morgan fingerprint density at radius 1 is 0.971 bits per heavy atom. The zero-order chi connectivity index (χ0) is 26.3. The normalized spacial score (nSPS) is 18.9. The molecule has 2 amide bonds. The Kier molecular flexibility index (Phi) is 7.52. The van der Waals surface area contributed by atoms with Crippen LogP contribution < -0.4 is 0 Å². The molecule has 3 rings (SSSR count). The molecule has 190 valence electrons. The maximum atomic E-state index is 13.3. The maximum Gasteiger partial charge on any atom is 0.416 e. The first-order chi connectivity index (χ1) is 16.1. The van der Waals surface area contributed by atoms with E-state index < -0.39 is 53.0 Å². The summed E-state index contributed by atoms with van der Waals surface area (Å²) in [5, 5.41) is 9.80. The molecule has 1 heterocycles. The fourth-order valence-electron chi connectivity index (χ4n) is 4.08. The van der Waals surface area contributed by atoms with Crippen LogP contribution in [0.3, 0.4) is 0 Å². The number of hydrogen-bond donors (Lipinski definition) is 1. The molecular weight excluding hydrogens is 525 g/mol. The van der Waals surface area contributed by atoms with E-state index in [4.69, 9.17) is 23.2 Å². The van der Waals surface area contributed by atoms with Crippen molar-refractivity contribution in [2.24, 2.45) is 0 Å². The first kappa shape index (κ1) is 26.9. The molecule has 1 aliphatic rings. The zero-order valence-corrected chi connectivity index (χ0v) is 19.4. The Bertz CT molecular complexity index is 1110. The van der Waals surface area contributed by atoms with Crippen molar-refractivity contribution in [3.05, 3.63) is 68.7 Å². The Hall–Kier alpha value is -2.66. The number of carbonyl (C=O) groups excluding carboxylic acids is 1. The van der Waals surface area contributed by atoms with E-state index in [1.807, 2.05) is 0 Å². The van der Waals surface area contributed by atoms with Crippen molar-refractivity contribution in [2.75, 3.05) is 20.1 Å². The van der Waals surface area contributed by atoms with Crippen molar-refractivity contribution < 1.29 is 41.0 Å². The molecule has 1 saturated heterocycles. The Morgan fingerprint density at radius 2 is 1.54 bits per heavy atom. The molecule has 0 bridgehead atoms. The van der Waals surface area contributed by atoms with Crippen LogP contribution in [-0.2, 0) is 12.4 Å². The lowest BCUT2D eigenvalue weighted by Gasteiger charge is -2.42. The highest BCUT2D eigenvalue weighted by atomic mass is 35.5. The third-order valence-corrected chi connectivity index (χ3v) is 6.61. The van der Waals surface area contributed by atoms with Crippen LogP contribution in [0.15, 0.2) is 36.4 Å². The molecule has 2 aromatic rings. The first-order valence-electron chi connectivity index (χ1n) is 10.1. The van der Waals surface area contributed by atoms with Crippen molar-refractivity contribution in [2.45, 2.75) is 30.7 Å². The predicted molar refractivity (Wildman–Crippen MR) is 116 cm³/mol. The molecule has 35 heavy (non-hydrogen) atoms. The largest absolute Gasteiger partial charge is 0.465 e. The van der Waals surface area contributed by atoms with Crippen molar-refractivity contribution >= 4 is 35.2 Å². The summed E-state index contributed by atoms with van der Waals surface area (Å²) < 4.78 is 79.5. The predicted octanol–water partition coefficient (Wildman–Crippen LogP) is 6.64. The molecular formula is C22H18Cl2F6N2O3. The van der Waals surface area contributed by atoms with Crippen molar-refractivity contribution in [3.8, 4) is 0 Å². The van der Waals surface area contributed by atoms with Gasteiger partial charge in [0.25, 0.3) is 5.91 Å². The number of hydrogen-bond acceptors (Lipinski definition) is 2. The minimum Gasteiger partial charge on any atom is -0.465 e. The molecule has 2 aromatic carbocycles. The molecule has 5 nitrogen and oxygen atoms in total. The summed E-state index contributed by atoms with van der Waals surface area (Å²) in [5.74, 6) is -1.74. The van der Waals surface area contributed by atoms with Gasteiger partial charge in [0.2, 0.25) is 0 Å². The van der Waals surface area contributed by atoms with Gasteiger partial charge in [0.1, 0.15) is 0 Å². The number of likely N-dealkylation sites (N-methyl/N-ethyl adjacent to an activating group) is 1. The van der Waals surface area contributed by atoms with Gasteiger partial charge in [-0.1, -0.05) is 29.3 Å². The Labute approximate surface area is 205 Å². The Balaban J connectivity index is 2.02. The zero-order valence-electron chi connectivity index (χ0n) is 17.9. The molecule has 0 saturated carbocycles. The highest BCUT2D eigenvalue weighted by Crippen LogP contribution is 2.38. The number of benzene rings is 2. The van der Waals surface area contributed by atoms with Crippen molar-refractivity contribution in [1.29, 1.82) is 0 Å². The average Bonchev–Trinajstić information content (AvgIpc) is 2.78. The minimum atomic E-state index is -5.11. The molecule has 1 fully saturated rings. The summed E-state index contributed by atoms with van der Waals surface area (Å²) in [6.07, 6.45) is -11.3. The van der Waals surface area contributed by atoms with Crippen LogP contribution >= 0.6 is 23.2 Å². The van der Waals surface area contributed by atoms with Crippen molar-refractivity contribution in [3.63, 3.8) is 0 Å². The number of halogens is 8. The van der Waals surface area contributed by atoms with Gasteiger partial charge in [-0.15, -0.1) is 0 Å². The van der Waals surface area contributed by atoms with E-state index in [1.165, 1.54) is 19.2 Å². The summed E-state index contributed by atoms with van der Waals surface area (Å²) in [4.78, 5) is 26.8. The van der Waals surface area contributed by atoms with Gasteiger partial charge in [-0.25, -0.2) is 4.79 Å². The number of alkyl halides is 6. The van der Waals surface area contributed by atoms with Gasteiger partial charge in [-0.2, -0.15) is 26.3 Å². The highest BCUT2D eigenvalue weighted by Gasteiger charge is 2.40. The first-order valence-corrected chi connectivity index (χ1v) is 10.8. The second kappa shape index (κ2) is 9.77. The number of rotatable bonds is 3. The van der Waals surface area contributed by atoms with E-state index in [-0.39, 0.29) is 35.6 Å². The lowest BCUT2D eigenvalue weighted by molar-refractivity contribution is -0.143. The van der Waals surface area contributed by atoms with E-state index >= 15 is 0 Å². The van der Waals surface area contributed by atoms with Crippen molar-refractivity contribution in [1.82, 2.24) is 9.80 Å². The number of carbonyl (C=O) groups is 2. The molecule has 13 heteroatoms. The summed E-state index contributed by atoms with van der Waals surface area (Å²) in [7, 11) is 1.25. The molecule has 0 aromatic heterocycles. The van der Waals surface area contributed by atoms with E-state index in [0.29, 0.717) is 17.7 Å². The van der Waals surface area contributed by atoms with Crippen LogP contribution in [0.1, 0.15) is 39.4 Å². The number of amides is 2. The highest BCUT2D eigenvalue weighted by molar-refractivity contribution is 6.42. The van der Waals surface area contributed by atoms with Gasteiger partial charge < -0.3 is 14.9 Å². The number of likely N-dealkylation sites (tertiary alicyclic amines) is 1. The minimum absolute atomic E-state index is 0.00579. The molecule has 0 aliphatic carbocycles. The topological polar surface area (TPSA) is 60.9 Å². The molecule has 0 spiro atoms. The second-order valence-corrected chi connectivity index (χ2v) is 8.89. The van der Waals surface area contributed by atoms with Gasteiger partial charge >= 0.3 is 18.4 Å². The van der Waals surface area contributed by atoms with Crippen LogP contribution in [0.4, 0.5) is 31.1 Å². The summed E-state index contributed by atoms with van der Waals surface area (Å²) in [6, 6.07) is 4.46. The maximum absolute atomic E-state index is 13.3. The number of carboxylic acid groups (broad SMARTS) is 1. The molecule has 0 radical (unpaired) electrons. The van der Waals surface area contributed by atoms with Crippen LogP contribution in [0, 0.1) is 0 Å².